The monoisotopic (exact) mass is 535 g/mol. The number of phenolic OH excluding ortho intramolecular Hbond substituents is 1. The van der Waals surface area contributed by atoms with Crippen LogP contribution in [0, 0.1) is 5.41 Å². The number of carboxylic acids is 1. The Morgan fingerprint density at radius 2 is 1.69 bits per heavy atom. The predicted molar refractivity (Wildman–Crippen MR) is 142 cm³/mol. The number of carboxylic acid groups (broad SMARTS) is 1. The van der Waals surface area contributed by atoms with Crippen molar-refractivity contribution in [3.05, 3.63) is 83.9 Å². The average Bonchev–Trinajstić information content (AvgIpc) is 2.92. The molecule has 39 heavy (non-hydrogen) atoms. The molecule has 8 N–H and O–H groups in total. The molecule has 1 atom stereocenters. The largest absolute Gasteiger partial charge is 0.507 e. The Morgan fingerprint density at radius 1 is 0.974 bits per heavy atom. The van der Waals surface area contributed by atoms with Gasteiger partial charge in [0.2, 0.25) is 0 Å². The molecule has 0 unspecified atom stereocenters. The Kier molecular flexibility index (Phi) is 10.1. The molecular formula is C27H29N5O7. The summed E-state index contributed by atoms with van der Waals surface area (Å²) in [5, 5.41) is 33.9. The maximum absolute atomic E-state index is 12.5. The number of aromatic hydroxyl groups is 1. The van der Waals surface area contributed by atoms with Crippen LogP contribution in [0.4, 0.5) is 4.79 Å². The molecule has 0 heterocycles. The topological polar surface area (TPSA) is 196 Å². The van der Waals surface area contributed by atoms with E-state index in [4.69, 9.17) is 20.6 Å². The highest BCUT2D eigenvalue weighted by atomic mass is 16.5. The van der Waals surface area contributed by atoms with Crippen molar-refractivity contribution in [3.63, 3.8) is 0 Å². The van der Waals surface area contributed by atoms with Crippen molar-refractivity contribution >= 4 is 23.9 Å². The minimum absolute atomic E-state index is 0.0945. The van der Waals surface area contributed by atoms with Gasteiger partial charge in [0.25, 0.3) is 5.91 Å². The van der Waals surface area contributed by atoms with E-state index in [0.29, 0.717) is 0 Å². The second-order valence-corrected chi connectivity index (χ2v) is 8.21. The lowest BCUT2D eigenvalue weighted by molar-refractivity contribution is -0.139. The molecule has 204 valence electrons. The number of carbonyl (C=O) groups is 3. The number of guanidine groups is 1. The first-order valence-electron chi connectivity index (χ1n) is 11.9. The maximum atomic E-state index is 12.5. The van der Waals surface area contributed by atoms with Crippen molar-refractivity contribution in [3.8, 4) is 22.6 Å². The number of nitrogens with one attached hydrogen (secondary N) is 4. The van der Waals surface area contributed by atoms with Crippen LogP contribution in [0.15, 0.2) is 72.8 Å². The van der Waals surface area contributed by atoms with Gasteiger partial charge in [-0.05, 0) is 28.8 Å². The third kappa shape index (κ3) is 8.67. The second-order valence-electron chi connectivity index (χ2n) is 8.21. The van der Waals surface area contributed by atoms with Gasteiger partial charge in [0.1, 0.15) is 30.8 Å². The van der Waals surface area contributed by atoms with E-state index in [1.54, 1.807) is 12.1 Å². The van der Waals surface area contributed by atoms with Crippen LogP contribution in [0.2, 0.25) is 0 Å². The fourth-order valence-corrected chi connectivity index (χ4v) is 3.51. The van der Waals surface area contributed by atoms with Crippen LogP contribution in [0.3, 0.4) is 0 Å². The summed E-state index contributed by atoms with van der Waals surface area (Å²) in [6.45, 7) is -0.130. The first kappa shape index (κ1) is 28.3. The van der Waals surface area contributed by atoms with Gasteiger partial charge in [-0.2, -0.15) is 0 Å². The van der Waals surface area contributed by atoms with Crippen LogP contribution in [0.5, 0.6) is 11.5 Å². The Bertz CT molecular complexity index is 1320. The molecule has 3 rings (SSSR count). The molecular weight excluding hydrogens is 506 g/mol. The van der Waals surface area contributed by atoms with Crippen LogP contribution >= 0.6 is 0 Å². The normalized spacial score (nSPS) is 11.1. The number of carbonyl (C=O) groups excluding carboxylic acids is 2. The number of hydrogen-bond acceptors (Lipinski definition) is 7. The number of phenols is 1. The SMILES string of the molecule is N=C(N)NCCOc1ccc(C(=O)NC[C@H](NC(=O)OCc2ccccc2-c2ccccc2)C(=O)O)c(O)c1. The van der Waals surface area contributed by atoms with Crippen molar-refractivity contribution in [2.75, 3.05) is 19.7 Å². The molecule has 0 bridgehead atoms. The number of benzene rings is 3. The molecule has 0 aliphatic heterocycles. The molecule has 12 nitrogen and oxygen atoms in total. The van der Waals surface area contributed by atoms with Crippen molar-refractivity contribution in [1.82, 2.24) is 16.0 Å². The summed E-state index contributed by atoms with van der Waals surface area (Å²) in [6.07, 6.45) is -0.969. The van der Waals surface area contributed by atoms with Gasteiger partial charge in [-0.25, -0.2) is 9.59 Å². The molecule has 0 radical (unpaired) electrons. The van der Waals surface area contributed by atoms with Gasteiger partial charge in [0, 0.05) is 12.6 Å². The van der Waals surface area contributed by atoms with E-state index in [2.05, 4.69) is 16.0 Å². The Labute approximate surface area is 224 Å². The minimum atomic E-state index is -1.48. The molecule has 0 aliphatic rings. The smallest absolute Gasteiger partial charge is 0.408 e. The molecule has 3 aromatic carbocycles. The van der Waals surface area contributed by atoms with E-state index in [1.165, 1.54) is 18.2 Å². The van der Waals surface area contributed by atoms with Crippen LogP contribution in [0.1, 0.15) is 15.9 Å². The zero-order chi connectivity index (χ0) is 28.2. The zero-order valence-corrected chi connectivity index (χ0v) is 20.8. The summed E-state index contributed by atoms with van der Waals surface area (Å²) in [5.74, 6) is -2.46. The van der Waals surface area contributed by atoms with Gasteiger partial charge in [0.15, 0.2) is 5.96 Å². The molecule has 0 aliphatic carbocycles. The molecule has 2 amide bonds. The highest BCUT2D eigenvalue weighted by molar-refractivity contribution is 5.97. The van der Waals surface area contributed by atoms with Gasteiger partial charge >= 0.3 is 12.1 Å². The third-order valence-electron chi connectivity index (χ3n) is 5.42. The van der Waals surface area contributed by atoms with Crippen molar-refractivity contribution in [2.45, 2.75) is 12.6 Å². The number of hydrogen-bond donors (Lipinski definition) is 7. The molecule has 0 saturated carbocycles. The van der Waals surface area contributed by atoms with Gasteiger partial charge in [0.05, 0.1) is 12.1 Å². The first-order valence-corrected chi connectivity index (χ1v) is 11.9. The van der Waals surface area contributed by atoms with E-state index in [9.17, 15) is 24.6 Å². The second kappa shape index (κ2) is 13.9. The quantitative estimate of drug-likeness (QED) is 0.103. The molecule has 12 heteroatoms. The number of ether oxygens (including phenoxy) is 2. The molecule has 0 spiro atoms. The van der Waals surface area contributed by atoms with E-state index in [-0.39, 0.29) is 42.8 Å². The number of alkyl carbamates (subject to hydrolysis) is 1. The molecule has 3 aromatic rings. The standard InChI is InChI=1S/C27H29N5O7/c28-26(29)30-12-13-38-19-10-11-21(23(33)14-19)24(34)31-15-22(25(35)36)32-27(37)39-16-18-8-4-5-9-20(18)17-6-2-1-3-7-17/h1-11,14,22,33H,12-13,15-16H2,(H,31,34)(H,32,37)(H,35,36)(H4,28,29,30)/t22-/m0/s1. The molecule has 0 fully saturated rings. The number of amides is 2. The Balaban J connectivity index is 1.52. The van der Waals surface area contributed by atoms with Crippen LogP contribution in [0.25, 0.3) is 11.1 Å². The highest BCUT2D eigenvalue weighted by Gasteiger charge is 2.23. The van der Waals surface area contributed by atoms with E-state index >= 15 is 0 Å². The van der Waals surface area contributed by atoms with Crippen molar-refractivity contribution in [1.29, 1.82) is 5.41 Å². The summed E-state index contributed by atoms with van der Waals surface area (Å²) in [5.41, 5.74) is 7.60. The van der Waals surface area contributed by atoms with Gasteiger partial charge in [-0.1, -0.05) is 54.6 Å². The lowest BCUT2D eigenvalue weighted by atomic mass is 10.0. The van der Waals surface area contributed by atoms with E-state index < -0.39 is 30.6 Å². The first-order chi connectivity index (χ1) is 18.7. The van der Waals surface area contributed by atoms with Gasteiger partial charge in [-0.15, -0.1) is 0 Å². The fourth-order valence-electron chi connectivity index (χ4n) is 3.51. The third-order valence-corrected chi connectivity index (χ3v) is 5.42. The summed E-state index contributed by atoms with van der Waals surface area (Å²) in [6, 6.07) is 19.4. The highest BCUT2D eigenvalue weighted by Crippen LogP contribution is 2.24. The molecule has 0 saturated heterocycles. The van der Waals surface area contributed by atoms with Crippen LogP contribution in [-0.2, 0) is 16.1 Å². The fraction of sp³-hybridized carbons (Fsp3) is 0.185. The summed E-state index contributed by atoms with van der Waals surface area (Å²) < 4.78 is 10.6. The summed E-state index contributed by atoms with van der Waals surface area (Å²) in [7, 11) is 0. The Morgan fingerprint density at radius 3 is 2.38 bits per heavy atom. The Hall–Kier alpha value is -5.26. The number of aliphatic carboxylic acids is 1. The van der Waals surface area contributed by atoms with Gasteiger partial charge in [-0.3, -0.25) is 10.2 Å². The van der Waals surface area contributed by atoms with Crippen LogP contribution < -0.4 is 26.4 Å². The predicted octanol–water partition coefficient (Wildman–Crippen LogP) is 2.03. The summed E-state index contributed by atoms with van der Waals surface area (Å²) in [4.78, 5) is 36.5. The number of rotatable bonds is 12. The van der Waals surface area contributed by atoms with E-state index in [1.807, 2.05) is 42.5 Å². The number of nitrogens with two attached hydrogens (primary N) is 1. The van der Waals surface area contributed by atoms with Gasteiger partial charge < -0.3 is 41.4 Å². The van der Waals surface area contributed by atoms with Crippen molar-refractivity contribution < 1.29 is 34.1 Å². The molecule has 0 aromatic heterocycles. The van der Waals surface area contributed by atoms with Crippen molar-refractivity contribution in [2.24, 2.45) is 5.73 Å². The minimum Gasteiger partial charge on any atom is -0.507 e. The maximum Gasteiger partial charge on any atom is 0.408 e. The lowest BCUT2D eigenvalue weighted by Crippen LogP contribution is -2.48. The van der Waals surface area contributed by atoms with E-state index in [0.717, 1.165) is 16.7 Å². The average molecular weight is 536 g/mol. The summed E-state index contributed by atoms with van der Waals surface area (Å²) >= 11 is 0. The lowest BCUT2D eigenvalue weighted by Gasteiger charge is -2.16. The zero-order valence-electron chi connectivity index (χ0n) is 20.8. The van der Waals surface area contributed by atoms with Crippen LogP contribution in [-0.4, -0.2) is 59.9 Å².